The minimum absolute atomic E-state index is 0.0225. The molecule has 3 nitrogen and oxygen atoms in total. The Labute approximate surface area is 175 Å². The number of hydrogen-bond acceptors (Lipinski definition) is 2. The molecule has 0 radical (unpaired) electrons. The van der Waals surface area contributed by atoms with Crippen molar-refractivity contribution in [2.45, 2.75) is 19.9 Å². The second-order valence-electron chi connectivity index (χ2n) is 7.45. The van der Waals surface area contributed by atoms with E-state index in [4.69, 9.17) is 4.98 Å². The second-order valence-corrected chi connectivity index (χ2v) is 7.45. The summed E-state index contributed by atoms with van der Waals surface area (Å²) in [4.78, 5) is 18.6. The maximum Gasteiger partial charge on any atom is 0.260 e. The molecular weight excluding hydrogens is 368 g/mol. The van der Waals surface area contributed by atoms with Gasteiger partial charge in [0.2, 0.25) is 0 Å². The number of pyridine rings is 1. The predicted molar refractivity (Wildman–Crippen MR) is 123 cm³/mol. The molecule has 2 aromatic carbocycles. The van der Waals surface area contributed by atoms with Gasteiger partial charge in [-0.25, -0.2) is 4.98 Å². The molecule has 0 saturated carbocycles. The van der Waals surface area contributed by atoms with E-state index in [-0.39, 0.29) is 5.56 Å². The molecular formula is C27H22N2O. The zero-order chi connectivity index (χ0) is 20.5. The lowest BCUT2D eigenvalue weighted by molar-refractivity contribution is 0.752. The van der Waals surface area contributed by atoms with Gasteiger partial charge in [0.25, 0.3) is 5.56 Å². The van der Waals surface area contributed by atoms with Crippen LogP contribution < -0.4 is 5.56 Å². The van der Waals surface area contributed by atoms with Crippen LogP contribution >= 0.6 is 0 Å². The molecule has 2 heterocycles. The number of nitrogens with zero attached hydrogens (tertiary/aromatic N) is 2. The summed E-state index contributed by atoms with van der Waals surface area (Å²) in [6.45, 7) is 2.59. The fraction of sp³-hybridized carbons (Fsp3) is 0.111. The van der Waals surface area contributed by atoms with Gasteiger partial charge in [-0.3, -0.25) is 9.36 Å². The Morgan fingerprint density at radius 2 is 1.43 bits per heavy atom. The van der Waals surface area contributed by atoms with Crippen LogP contribution in [0.15, 0.2) is 95.8 Å². The van der Waals surface area contributed by atoms with Crippen LogP contribution in [0.25, 0.3) is 33.4 Å². The lowest BCUT2D eigenvalue weighted by Gasteiger charge is -2.15. The SMILES string of the molecule is CCn1c(=O)c(-c2ccccc2)c(Cc2ccccc2)c2c3cccccc-3nc21. The van der Waals surface area contributed by atoms with Gasteiger partial charge < -0.3 is 0 Å². The zero-order valence-corrected chi connectivity index (χ0v) is 16.9. The van der Waals surface area contributed by atoms with Crippen molar-refractivity contribution in [1.29, 1.82) is 0 Å². The molecule has 0 amide bonds. The maximum atomic E-state index is 13.7. The summed E-state index contributed by atoms with van der Waals surface area (Å²) in [6.07, 6.45) is 0.681. The molecule has 0 atom stereocenters. The lowest BCUT2D eigenvalue weighted by Crippen LogP contribution is -2.23. The Hall–Kier alpha value is -3.72. The predicted octanol–water partition coefficient (Wildman–Crippen LogP) is 5.78. The quantitative estimate of drug-likeness (QED) is 0.390. The van der Waals surface area contributed by atoms with Crippen molar-refractivity contribution < 1.29 is 0 Å². The Morgan fingerprint density at radius 3 is 2.13 bits per heavy atom. The third kappa shape index (κ3) is 3.00. The van der Waals surface area contributed by atoms with Gasteiger partial charge in [0.15, 0.2) is 0 Å². The largest absolute Gasteiger partial charge is 0.292 e. The van der Waals surface area contributed by atoms with Crippen molar-refractivity contribution in [2.24, 2.45) is 0 Å². The number of fused-ring (bicyclic) bond motifs is 3. The van der Waals surface area contributed by atoms with Crippen LogP contribution in [0.1, 0.15) is 18.1 Å². The van der Waals surface area contributed by atoms with Crippen molar-refractivity contribution in [3.05, 3.63) is 112 Å². The van der Waals surface area contributed by atoms with Crippen LogP contribution in [0.4, 0.5) is 0 Å². The standard InChI is InChI=1S/C27H22N2O/c1-2-29-26-25(21-16-10-5-11-17-23(21)28-26)22(18-19-12-6-3-7-13-19)24(27(29)30)20-14-8-4-9-15-20/h3-17H,2,18H2,1H3. The van der Waals surface area contributed by atoms with Gasteiger partial charge >= 0.3 is 0 Å². The van der Waals surface area contributed by atoms with Gasteiger partial charge in [-0.15, -0.1) is 0 Å². The molecule has 2 aliphatic rings. The maximum absolute atomic E-state index is 13.7. The molecule has 0 saturated heterocycles. The molecule has 0 fully saturated rings. The first-order chi connectivity index (χ1) is 14.8. The van der Waals surface area contributed by atoms with E-state index in [9.17, 15) is 4.79 Å². The summed E-state index contributed by atoms with van der Waals surface area (Å²) >= 11 is 0. The minimum Gasteiger partial charge on any atom is -0.292 e. The van der Waals surface area contributed by atoms with E-state index in [1.54, 1.807) is 0 Å². The molecule has 0 bridgehead atoms. The molecule has 1 aromatic heterocycles. The van der Waals surface area contributed by atoms with Crippen LogP contribution in [0.3, 0.4) is 0 Å². The topological polar surface area (TPSA) is 34.9 Å². The Balaban J connectivity index is 1.95. The van der Waals surface area contributed by atoms with E-state index in [0.29, 0.717) is 13.0 Å². The van der Waals surface area contributed by atoms with Gasteiger partial charge in [0.1, 0.15) is 5.65 Å². The van der Waals surface area contributed by atoms with Crippen LogP contribution in [0, 0.1) is 0 Å². The summed E-state index contributed by atoms with van der Waals surface area (Å²) in [5, 5.41) is 1.07. The first-order valence-electron chi connectivity index (χ1n) is 10.3. The molecule has 1 aliphatic heterocycles. The highest BCUT2D eigenvalue weighted by atomic mass is 16.1. The summed E-state index contributed by atoms with van der Waals surface area (Å²) in [6, 6.07) is 30.5. The molecule has 0 N–H and O–H groups in total. The lowest BCUT2D eigenvalue weighted by atomic mass is 9.92. The second kappa shape index (κ2) is 7.60. The van der Waals surface area contributed by atoms with Crippen molar-refractivity contribution >= 4 is 11.0 Å². The van der Waals surface area contributed by atoms with Crippen LogP contribution in [-0.2, 0) is 13.0 Å². The van der Waals surface area contributed by atoms with E-state index < -0.39 is 0 Å². The summed E-state index contributed by atoms with van der Waals surface area (Å²) in [7, 11) is 0. The van der Waals surface area contributed by atoms with Gasteiger partial charge in [-0.05, 0) is 36.1 Å². The van der Waals surface area contributed by atoms with Gasteiger partial charge in [-0.2, -0.15) is 0 Å². The Morgan fingerprint density at radius 1 is 0.800 bits per heavy atom. The highest BCUT2D eigenvalue weighted by molar-refractivity contribution is 6.01. The number of hydrogen-bond donors (Lipinski definition) is 0. The molecule has 5 rings (SSSR count). The van der Waals surface area contributed by atoms with Crippen LogP contribution in [0.5, 0.6) is 0 Å². The van der Waals surface area contributed by atoms with E-state index in [1.807, 2.05) is 84.3 Å². The number of benzene rings is 2. The van der Waals surface area contributed by atoms with E-state index in [1.165, 1.54) is 5.56 Å². The van der Waals surface area contributed by atoms with Gasteiger partial charge in [0.05, 0.1) is 11.3 Å². The van der Waals surface area contributed by atoms with Gasteiger partial charge in [0, 0.05) is 17.5 Å². The third-order valence-electron chi connectivity index (χ3n) is 5.66. The van der Waals surface area contributed by atoms with E-state index >= 15 is 0 Å². The molecule has 3 heteroatoms. The smallest absolute Gasteiger partial charge is 0.260 e. The molecule has 1 aliphatic carbocycles. The van der Waals surface area contributed by atoms with Crippen molar-refractivity contribution in [3.8, 4) is 22.4 Å². The molecule has 3 aromatic rings. The average Bonchev–Trinajstić information content (AvgIpc) is 2.97. The Kier molecular flexibility index (Phi) is 4.64. The summed E-state index contributed by atoms with van der Waals surface area (Å²) < 4.78 is 1.81. The molecule has 30 heavy (non-hydrogen) atoms. The number of aryl methyl sites for hydroxylation is 1. The molecule has 0 unspecified atom stereocenters. The number of rotatable bonds is 4. The minimum atomic E-state index is 0.0225. The third-order valence-corrected chi connectivity index (χ3v) is 5.66. The fourth-order valence-electron chi connectivity index (χ4n) is 4.29. The normalized spacial score (nSPS) is 11.2. The highest BCUT2D eigenvalue weighted by Crippen LogP contribution is 2.37. The average molecular weight is 390 g/mol. The van der Waals surface area contributed by atoms with Crippen LogP contribution in [-0.4, -0.2) is 9.55 Å². The van der Waals surface area contributed by atoms with Crippen molar-refractivity contribution in [1.82, 2.24) is 9.55 Å². The van der Waals surface area contributed by atoms with Crippen LogP contribution in [0.2, 0.25) is 0 Å². The van der Waals surface area contributed by atoms with E-state index in [0.717, 1.165) is 39.0 Å². The van der Waals surface area contributed by atoms with Crippen molar-refractivity contribution in [2.75, 3.05) is 0 Å². The Bertz CT molecular complexity index is 1350. The fourth-order valence-corrected chi connectivity index (χ4v) is 4.29. The summed E-state index contributed by atoms with van der Waals surface area (Å²) in [5.74, 6) is 0. The van der Waals surface area contributed by atoms with E-state index in [2.05, 4.69) is 18.2 Å². The first kappa shape index (κ1) is 18.3. The highest BCUT2D eigenvalue weighted by Gasteiger charge is 2.23. The van der Waals surface area contributed by atoms with Gasteiger partial charge in [-0.1, -0.05) is 84.9 Å². The first-order valence-corrected chi connectivity index (χ1v) is 10.3. The summed E-state index contributed by atoms with van der Waals surface area (Å²) in [5.41, 5.74) is 6.74. The van der Waals surface area contributed by atoms with Crippen molar-refractivity contribution in [3.63, 3.8) is 0 Å². The molecule has 146 valence electrons. The zero-order valence-electron chi connectivity index (χ0n) is 16.9. The number of aromatic nitrogens is 2. The monoisotopic (exact) mass is 390 g/mol. The molecule has 0 spiro atoms.